The van der Waals surface area contributed by atoms with Crippen molar-refractivity contribution in [2.24, 2.45) is 0 Å². The molecule has 5 rings (SSSR count). The monoisotopic (exact) mass is 439 g/mol. The van der Waals surface area contributed by atoms with E-state index in [0.29, 0.717) is 32.7 Å². The maximum Gasteiger partial charge on any atom is 0.223 e. The van der Waals surface area contributed by atoms with Gasteiger partial charge in [0.25, 0.3) is 0 Å². The smallest absolute Gasteiger partial charge is 0.223 e. The number of carbonyl (C=O) groups is 1. The highest BCUT2D eigenvalue weighted by atomic mass is 16.5. The summed E-state index contributed by atoms with van der Waals surface area (Å²) >= 11 is 0. The molecule has 4 aromatic rings. The fraction of sp³-hybridized carbons (Fsp3) is 0.286. The number of para-hydroxylation sites is 2. The Morgan fingerprint density at radius 3 is 2.58 bits per heavy atom. The van der Waals surface area contributed by atoms with Crippen LogP contribution in [0.5, 0.6) is 5.75 Å². The summed E-state index contributed by atoms with van der Waals surface area (Å²) < 4.78 is 8.31. The first kappa shape index (κ1) is 21.3. The van der Waals surface area contributed by atoms with Gasteiger partial charge < -0.3 is 14.2 Å². The number of ether oxygens (including phenoxy) is 1. The molecule has 168 valence electrons. The molecule has 33 heavy (non-hydrogen) atoms. The Balaban J connectivity index is 1.35. The van der Waals surface area contributed by atoms with Crippen LogP contribution in [-0.4, -0.2) is 33.5 Å². The van der Waals surface area contributed by atoms with Crippen molar-refractivity contribution in [2.45, 2.75) is 39.3 Å². The van der Waals surface area contributed by atoms with Crippen LogP contribution < -0.4 is 4.74 Å². The van der Waals surface area contributed by atoms with Gasteiger partial charge >= 0.3 is 0 Å². The molecule has 2 heterocycles. The van der Waals surface area contributed by atoms with Crippen LogP contribution in [-0.2, 0) is 17.9 Å². The Kier molecular flexibility index (Phi) is 5.86. The third kappa shape index (κ3) is 4.49. The molecular weight excluding hydrogens is 410 g/mol. The molecule has 5 nitrogen and oxygen atoms in total. The summed E-state index contributed by atoms with van der Waals surface area (Å²) in [4.78, 5) is 19.7. The number of imidazole rings is 1. The van der Waals surface area contributed by atoms with Gasteiger partial charge in [-0.1, -0.05) is 48.5 Å². The Morgan fingerprint density at radius 1 is 0.970 bits per heavy atom. The zero-order chi connectivity index (χ0) is 22.8. The van der Waals surface area contributed by atoms with Crippen LogP contribution >= 0.6 is 0 Å². The molecule has 0 aliphatic carbocycles. The SMILES string of the molecule is Cc1ccc(OCCn2c(C3CC(=O)N(Cc4ccccc4)C3)nc3ccccc32)cc1C. The van der Waals surface area contributed by atoms with Crippen LogP contribution in [0.3, 0.4) is 0 Å². The largest absolute Gasteiger partial charge is 0.492 e. The Hall–Kier alpha value is -3.60. The maximum atomic E-state index is 12.8. The highest BCUT2D eigenvalue weighted by Crippen LogP contribution is 2.31. The highest BCUT2D eigenvalue weighted by Gasteiger charge is 2.33. The molecule has 5 heteroatoms. The molecule has 1 fully saturated rings. The summed E-state index contributed by atoms with van der Waals surface area (Å²) in [7, 11) is 0. The third-order valence-corrected chi connectivity index (χ3v) is 6.54. The van der Waals surface area contributed by atoms with E-state index < -0.39 is 0 Å². The molecule has 0 spiro atoms. The topological polar surface area (TPSA) is 47.4 Å². The highest BCUT2D eigenvalue weighted by molar-refractivity contribution is 5.81. The van der Waals surface area contributed by atoms with Crippen molar-refractivity contribution in [3.63, 3.8) is 0 Å². The Labute approximate surface area is 194 Å². The van der Waals surface area contributed by atoms with E-state index in [0.717, 1.165) is 28.2 Å². The number of nitrogens with zero attached hydrogens (tertiary/aromatic N) is 3. The van der Waals surface area contributed by atoms with Gasteiger partial charge in [-0.15, -0.1) is 0 Å². The minimum Gasteiger partial charge on any atom is -0.492 e. The van der Waals surface area contributed by atoms with Gasteiger partial charge in [0.2, 0.25) is 5.91 Å². The number of hydrogen-bond donors (Lipinski definition) is 0. The number of likely N-dealkylation sites (tertiary alicyclic amines) is 1. The molecule has 1 atom stereocenters. The van der Waals surface area contributed by atoms with Crippen molar-refractivity contribution in [3.8, 4) is 5.75 Å². The van der Waals surface area contributed by atoms with Crippen molar-refractivity contribution >= 4 is 16.9 Å². The van der Waals surface area contributed by atoms with Gasteiger partial charge in [-0.2, -0.15) is 0 Å². The number of benzene rings is 3. The summed E-state index contributed by atoms with van der Waals surface area (Å²) in [6, 6.07) is 24.6. The molecule has 1 aliphatic rings. The number of amides is 1. The lowest BCUT2D eigenvalue weighted by Gasteiger charge is -2.17. The quantitative estimate of drug-likeness (QED) is 0.395. The fourth-order valence-corrected chi connectivity index (χ4v) is 4.60. The van der Waals surface area contributed by atoms with Crippen molar-refractivity contribution in [1.29, 1.82) is 0 Å². The predicted octanol–water partition coefficient (Wildman–Crippen LogP) is 5.25. The minimum atomic E-state index is 0.0789. The molecule has 0 bridgehead atoms. The lowest BCUT2D eigenvalue weighted by molar-refractivity contribution is -0.128. The molecule has 0 N–H and O–H groups in total. The Bertz CT molecular complexity index is 1280. The fourth-order valence-electron chi connectivity index (χ4n) is 4.60. The first-order chi connectivity index (χ1) is 16.1. The number of carbonyl (C=O) groups excluding carboxylic acids is 1. The van der Waals surface area contributed by atoms with Gasteiger partial charge in [0, 0.05) is 25.4 Å². The van der Waals surface area contributed by atoms with Crippen molar-refractivity contribution in [1.82, 2.24) is 14.5 Å². The van der Waals surface area contributed by atoms with Gasteiger partial charge in [0.1, 0.15) is 18.2 Å². The first-order valence-corrected chi connectivity index (χ1v) is 11.6. The summed E-state index contributed by atoms with van der Waals surface area (Å²) in [5.41, 5.74) is 5.69. The lowest BCUT2D eigenvalue weighted by atomic mass is 10.1. The second-order valence-corrected chi connectivity index (χ2v) is 8.87. The molecule has 1 aliphatic heterocycles. The normalized spacial score (nSPS) is 16.0. The van der Waals surface area contributed by atoms with Gasteiger partial charge in [-0.3, -0.25) is 4.79 Å². The van der Waals surface area contributed by atoms with Gasteiger partial charge in [0.05, 0.1) is 17.6 Å². The van der Waals surface area contributed by atoms with Crippen LogP contribution in [0.1, 0.15) is 34.9 Å². The molecule has 1 unspecified atom stereocenters. The molecule has 0 radical (unpaired) electrons. The summed E-state index contributed by atoms with van der Waals surface area (Å²) in [6.07, 6.45) is 0.494. The van der Waals surface area contributed by atoms with E-state index in [2.05, 4.69) is 48.7 Å². The van der Waals surface area contributed by atoms with E-state index >= 15 is 0 Å². The van der Waals surface area contributed by atoms with Crippen LogP contribution in [0.4, 0.5) is 0 Å². The van der Waals surface area contributed by atoms with E-state index in [1.54, 1.807) is 0 Å². The van der Waals surface area contributed by atoms with Gasteiger partial charge in [0.15, 0.2) is 0 Å². The van der Waals surface area contributed by atoms with Crippen molar-refractivity contribution in [3.05, 3.63) is 95.3 Å². The molecule has 0 saturated carbocycles. The second kappa shape index (κ2) is 9.10. The predicted molar refractivity (Wildman–Crippen MR) is 130 cm³/mol. The second-order valence-electron chi connectivity index (χ2n) is 8.87. The first-order valence-electron chi connectivity index (χ1n) is 11.6. The maximum absolute atomic E-state index is 12.8. The van der Waals surface area contributed by atoms with Gasteiger partial charge in [-0.05, 0) is 54.8 Å². The number of rotatable bonds is 7. The zero-order valence-corrected chi connectivity index (χ0v) is 19.2. The standard InChI is InChI=1S/C28H29N3O2/c1-20-12-13-24(16-21(20)2)33-15-14-31-26-11-7-6-10-25(26)29-28(31)23-17-27(32)30(19-23)18-22-8-4-3-5-9-22/h3-13,16,23H,14-15,17-19H2,1-2H3. The summed E-state index contributed by atoms with van der Waals surface area (Å²) in [5.74, 6) is 2.13. The zero-order valence-electron chi connectivity index (χ0n) is 19.2. The van der Waals surface area contributed by atoms with E-state index in [4.69, 9.17) is 9.72 Å². The number of hydrogen-bond acceptors (Lipinski definition) is 3. The van der Waals surface area contributed by atoms with Crippen molar-refractivity contribution in [2.75, 3.05) is 13.2 Å². The van der Waals surface area contributed by atoms with E-state index in [-0.39, 0.29) is 11.8 Å². The van der Waals surface area contributed by atoms with Crippen molar-refractivity contribution < 1.29 is 9.53 Å². The van der Waals surface area contributed by atoms with Crippen LogP contribution in [0, 0.1) is 13.8 Å². The molecule has 1 saturated heterocycles. The molecular formula is C28H29N3O2. The average Bonchev–Trinajstić information content (AvgIpc) is 3.37. The van der Waals surface area contributed by atoms with E-state index in [9.17, 15) is 4.79 Å². The van der Waals surface area contributed by atoms with E-state index in [1.165, 1.54) is 11.1 Å². The summed E-state index contributed by atoms with van der Waals surface area (Å²) in [6.45, 7) is 6.77. The minimum absolute atomic E-state index is 0.0789. The number of fused-ring (bicyclic) bond motifs is 1. The lowest BCUT2D eigenvalue weighted by Crippen LogP contribution is -2.24. The third-order valence-electron chi connectivity index (χ3n) is 6.54. The molecule has 1 aromatic heterocycles. The van der Waals surface area contributed by atoms with E-state index in [1.807, 2.05) is 47.4 Å². The summed E-state index contributed by atoms with van der Waals surface area (Å²) in [5, 5.41) is 0. The van der Waals surface area contributed by atoms with Crippen LogP contribution in [0.15, 0.2) is 72.8 Å². The number of aryl methyl sites for hydroxylation is 2. The molecule has 1 amide bonds. The Morgan fingerprint density at radius 2 is 1.76 bits per heavy atom. The average molecular weight is 440 g/mol. The molecule has 3 aromatic carbocycles. The van der Waals surface area contributed by atoms with Crippen LogP contribution in [0.2, 0.25) is 0 Å². The van der Waals surface area contributed by atoms with Gasteiger partial charge in [-0.25, -0.2) is 4.98 Å². The number of aromatic nitrogens is 2. The van der Waals surface area contributed by atoms with Crippen LogP contribution in [0.25, 0.3) is 11.0 Å².